The summed E-state index contributed by atoms with van der Waals surface area (Å²) < 4.78 is 4.78. The number of benzene rings is 1. The zero-order chi connectivity index (χ0) is 14.4. The topological polar surface area (TPSA) is 92.7 Å². The van der Waals surface area contributed by atoms with E-state index in [0.717, 1.165) is 6.07 Å². The zero-order valence-corrected chi connectivity index (χ0v) is 10.7. The van der Waals surface area contributed by atoms with Crippen LogP contribution in [0, 0.1) is 0 Å². The van der Waals surface area contributed by atoms with Crippen LogP contribution in [0.15, 0.2) is 18.2 Å². The van der Waals surface area contributed by atoms with Gasteiger partial charge >= 0.3 is 11.9 Å². The number of carboxylic acids is 1. The molecule has 0 aromatic heterocycles. The lowest BCUT2D eigenvalue weighted by Crippen LogP contribution is -2.25. The Bertz CT molecular complexity index is 510. The maximum absolute atomic E-state index is 11.7. The highest BCUT2D eigenvalue weighted by molar-refractivity contribution is 6.06. The number of hydrogen-bond acceptors (Lipinski definition) is 4. The van der Waals surface area contributed by atoms with Gasteiger partial charge in [-0.3, -0.25) is 4.79 Å². The summed E-state index contributed by atoms with van der Waals surface area (Å²) in [6, 6.07) is 3.82. The van der Waals surface area contributed by atoms with Gasteiger partial charge in [0.1, 0.15) is 0 Å². The van der Waals surface area contributed by atoms with Gasteiger partial charge in [0.05, 0.1) is 23.3 Å². The van der Waals surface area contributed by atoms with Crippen LogP contribution in [0.3, 0.4) is 0 Å². The number of rotatable bonds is 5. The number of carbonyl (C=O) groups excluding carboxylic acids is 2. The van der Waals surface area contributed by atoms with Crippen molar-refractivity contribution < 1.29 is 24.2 Å². The Hall–Kier alpha value is -2.37. The fourth-order valence-electron chi connectivity index (χ4n) is 1.52. The minimum Gasteiger partial charge on any atom is -0.478 e. The molecule has 2 N–H and O–H groups in total. The summed E-state index contributed by atoms with van der Waals surface area (Å²) in [5, 5.41) is 11.6. The van der Waals surface area contributed by atoms with Gasteiger partial charge in [-0.2, -0.15) is 0 Å². The Labute approximate surface area is 110 Å². The summed E-state index contributed by atoms with van der Waals surface area (Å²) >= 11 is 0. The van der Waals surface area contributed by atoms with Crippen LogP contribution in [0.4, 0.5) is 0 Å². The second-order valence-electron chi connectivity index (χ2n) is 3.65. The van der Waals surface area contributed by atoms with Crippen molar-refractivity contribution in [1.82, 2.24) is 5.32 Å². The van der Waals surface area contributed by atoms with Crippen molar-refractivity contribution >= 4 is 17.8 Å². The predicted molar refractivity (Wildman–Crippen MR) is 67.4 cm³/mol. The summed E-state index contributed by atoms with van der Waals surface area (Å²) in [6.07, 6.45) is 0. The van der Waals surface area contributed by atoms with Crippen molar-refractivity contribution in [3.05, 3.63) is 34.9 Å². The molecule has 0 aliphatic rings. The highest BCUT2D eigenvalue weighted by Crippen LogP contribution is 2.13. The SMILES string of the molecule is CCNC(=O)c1ccc(C(=O)OCC)cc1C(=O)O. The molecule has 1 amide bonds. The molecule has 1 rings (SSSR count). The van der Waals surface area contributed by atoms with Crippen molar-refractivity contribution in [3.8, 4) is 0 Å². The Balaban J connectivity index is 3.18. The molecule has 19 heavy (non-hydrogen) atoms. The number of esters is 1. The molecular weight excluding hydrogens is 250 g/mol. The molecule has 0 aliphatic heterocycles. The summed E-state index contributed by atoms with van der Waals surface area (Å²) in [5.41, 5.74) is -0.105. The van der Waals surface area contributed by atoms with Crippen molar-refractivity contribution in [2.45, 2.75) is 13.8 Å². The van der Waals surface area contributed by atoms with Gasteiger partial charge in [0, 0.05) is 6.54 Å². The number of nitrogens with one attached hydrogen (secondary N) is 1. The van der Waals surface area contributed by atoms with Crippen molar-refractivity contribution in [2.24, 2.45) is 0 Å². The van der Waals surface area contributed by atoms with E-state index in [1.807, 2.05) is 0 Å². The monoisotopic (exact) mass is 265 g/mol. The first kappa shape index (κ1) is 14.7. The number of amides is 1. The molecule has 0 aliphatic carbocycles. The molecule has 0 heterocycles. The van der Waals surface area contributed by atoms with Crippen molar-refractivity contribution in [2.75, 3.05) is 13.2 Å². The zero-order valence-electron chi connectivity index (χ0n) is 10.7. The smallest absolute Gasteiger partial charge is 0.338 e. The minimum atomic E-state index is -1.27. The van der Waals surface area contributed by atoms with Gasteiger partial charge in [-0.25, -0.2) is 9.59 Å². The number of carbonyl (C=O) groups is 3. The fourth-order valence-corrected chi connectivity index (χ4v) is 1.52. The third-order valence-corrected chi connectivity index (χ3v) is 2.34. The largest absolute Gasteiger partial charge is 0.478 e. The minimum absolute atomic E-state index is 0.0161. The van der Waals surface area contributed by atoms with Crippen LogP contribution in [0.5, 0.6) is 0 Å². The third-order valence-electron chi connectivity index (χ3n) is 2.34. The molecule has 0 radical (unpaired) electrons. The molecule has 0 fully saturated rings. The lowest BCUT2D eigenvalue weighted by molar-refractivity contribution is 0.0526. The molecule has 0 spiro atoms. The third kappa shape index (κ3) is 3.54. The molecule has 6 nitrogen and oxygen atoms in total. The van der Waals surface area contributed by atoms with Crippen LogP contribution in [-0.2, 0) is 4.74 Å². The van der Waals surface area contributed by atoms with E-state index >= 15 is 0 Å². The highest BCUT2D eigenvalue weighted by Gasteiger charge is 2.19. The number of carboxylic acid groups (broad SMARTS) is 1. The van der Waals surface area contributed by atoms with E-state index in [1.165, 1.54) is 12.1 Å². The van der Waals surface area contributed by atoms with Gasteiger partial charge in [0.25, 0.3) is 5.91 Å². The van der Waals surface area contributed by atoms with Gasteiger partial charge in [-0.1, -0.05) is 0 Å². The van der Waals surface area contributed by atoms with Crippen molar-refractivity contribution in [1.29, 1.82) is 0 Å². The summed E-state index contributed by atoms with van der Waals surface area (Å²) in [4.78, 5) is 34.3. The van der Waals surface area contributed by atoms with Gasteiger partial charge in [-0.05, 0) is 32.0 Å². The molecule has 0 saturated heterocycles. The second kappa shape index (κ2) is 6.53. The summed E-state index contributed by atoms with van der Waals surface area (Å²) in [5.74, 6) is -2.38. The molecule has 1 aromatic carbocycles. The normalized spacial score (nSPS) is 9.79. The van der Waals surface area contributed by atoms with Crippen LogP contribution in [0.1, 0.15) is 44.9 Å². The van der Waals surface area contributed by atoms with Gasteiger partial charge in [-0.15, -0.1) is 0 Å². The van der Waals surface area contributed by atoms with E-state index < -0.39 is 17.8 Å². The predicted octanol–water partition coefficient (Wildman–Crippen LogP) is 1.31. The van der Waals surface area contributed by atoms with Gasteiger partial charge < -0.3 is 15.2 Å². The maximum Gasteiger partial charge on any atom is 0.338 e. The van der Waals surface area contributed by atoms with E-state index in [4.69, 9.17) is 9.84 Å². The van der Waals surface area contributed by atoms with Gasteiger partial charge in [0.15, 0.2) is 0 Å². The molecular formula is C13H15NO5. The Morgan fingerprint density at radius 2 is 1.89 bits per heavy atom. The molecule has 0 atom stereocenters. The van der Waals surface area contributed by atoms with Crippen LogP contribution in [0.25, 0.3) is 0 Å². The molecule has 6 heteroatoms. The highest BCUT2D eigenvalue weighted by atomic mass is 16.5. The first-order valence-electron chi connectivity index (χ1n) is 5.83. The standard InChI is InChI=1S/C13H15NO5/c1-3-14-11(15)9-6-5-8(13(18)19-4-2)7-10(9)12(16)17/h5-7H,3-4H2,1-2H3,(H,14,15)(H,16,17). The van der Waals surface area contributed by atoms with Crippen LogP contribution < -0.4 is 5.32 Å². The van der Waals surface area contributed by atoms with Crippen LogP contribution in [-0.4, -0.2) is 36.1 Å². The first-order valence-corrected chi connectivity index (χ1v) is 5.83. The van der Waals surface area contributed by atoms with E-state index in [0.29, 0.717) is 6.54 Å². The number of aromatic carboxylic acids is 1. The average Bonchev–Trinajstić information content (AvgIpc) is 2.38. The summed E-state index contributed by atoms with van der Waals surface area (Å²) in [7, 11) is 0. The number of hydrogen-bond donors (Lipinski definition) is 2. The molecule has 0 unspecified atom stereocenters. The second-order valence-corrected chi connectivity index (χ2v) is 3.65. The quantitative estimate of drug-likeness (QED) is 0.783. The first-order chi connectivity index (χ1) is 9.01. The lowest BCUT2D eigenvalue weighted by atomic mass is 10.0. The maximum atomic E-state index is 11.7. The molecule has 0 saturated carbocycles. The van der Waals surface area contributed by atoms with Crippen molar-refractivity contribution in [3.63, 3.8) is 0 Å². The Kier molecular flexibility index (Phi) is 5.05. The molecule has 1 aromatic rings. The fraction of sp³-hybridized carbons (Fsp3) is 0.308. The summed E-state index contributed by atoms with van der Waals surface area (Å²) in [6.45, 7) is 3.96. The lowest BCUT2D eigenvalue weighted by Gasteiger charge is -2.08. The van der Waals surface area contributed by atoms with Gasteiger partial charge in [0.2, 0.25) is 0 Å². The van der Waals surface area contributed by atoms with E-state index in [1.54, 1.807) is 13.8 Å². The Morgan fingerprint density at radius 1 is 1.21 bits per heavy atom. The molecule has 102 valence electrons. The van der Waals surface area contributed by atoms with E-state index in [9.17, 15) is 14.4 Å². The van der Waals surface area contributed by atoms with Crippen LogP contribution >= 0.6 is 0 Å². The average molecular weight is 265 g/mol. The Morgan fingerprint density at radius 3 is 2.42 bits per heavy atom. The van der Waals surface area contributed by atoms with Crippen LogP contribution in [0.2, 0.25) is 0 Å². The molecule has 0 bridgehead atoms. The van der Waals surface area contributed by atoms with E-state index in [2.05, 4.69) is 5.32 Å². The number of ether oxygens (including phenoxy) is 1. The van der Waals surface area contributed by atoms with E-state index in [-0.39, 0.29) is 23.3 Å².